The fraction of sp³-hybridized carbons (Fsp3) is 0.227. The topological polar surface area (TPSA) is 92.9 Å². The molecule has 0 aliphatic carbocycles. The minimum Gasteiger partial charge on any atom is -0.415 e. The Morgan fingerprint density at radius 3 is 2.57 bits per heavy atom. The maximum atomic E-state index is 5.89. The maximum Gasteiger partial charge on any atom is 0.268 e. The molecule has 3 aromatic heterocycles. The number of rotatable bonds is 4. The molecule has 150 valence electrons. The van der Waals surface area contributed by atoms with E-state index >= 15 is 0 Å². The van der Waals surface area contributed by atoms with E-state index in [2.05, 4.69) is 36.4 Å². The van der Waals surface area contributed by atoms with Crippen molar-refractivity contribution in [3.63, 3.8) is 0 Å². The molecule has 0 amide bonds. The largest absolute Gasteiger partial charge is 0.415 e. The Kier molecular flexibility index (Phi) is 4.90. The highest BCUT2D eigenvalue weighted by Crippen LogP contribution is 2.27. The summed E-state index contributed by atoms with van der Waals surface area (Å²) in [6.07, 6.45) is 3.58. The Bertz CT molecular complexity index is 1150. The van der Waals surface area contributed by atoms with Crippen LogP contribution in [0.15, 0.2) is 59.3 Å². The molecule has 8 nitrogen and oxygen atoms in total. The van der Waals surface area contributed by atoms with Crippen LogP contribution in [0.3, 0.4) is 0 Å². The molecular weight excluding hydrogens is 378 g/mol. The fourth-order valence-electron chi connectivity index (χ4n) is 3.45. The number of anilines is 1. The van der Waals surface area contributed by atoms with Crippen molar-refractivity contribution < 1.29 is 4.42 Å². The molecule has 1 aromatic carbocycles. The summed E-state index contributed by atoms with van der Waals surface area (Å²) in [6, 6.07) is 13.7. The Hall–Kier alpha value is -3.65. The van der Waals surface area contributed by atoms with Gasteiger partial charge < -0.3 is 14.6 Å². The van der Waals surface area contributed by atoms with E-state index in [0.29, 0.717) is 17.5 Å². The van der Waals surface area contributed by atoms with Gasteiger partial charge in [0.1, 0.15) is 11.5 Å². The zero-order valence-electron chi connectivity index (χ0n) is 16.6. The fourth-order valence-corrected chi connectivity index (χ4v) is 3.45. The van der Waals surface area contributed by atoms with Gasteiger partial charge in [-0.2, -0.15) is 0 Å². The molecule has 8 heteroatoms. The molecule has 4 aromatic rings. The lowest BCUT2D eigenvalue weighted by atomic mass is 10.1. The number of aryl methyl sites for hydroxylation is 1. The normalized spacial score (nSPS) is 14.1. The van der Waals surface area contributed by atoms with Crippen LogP contribution >= 0.6 is 0 Å². The van der Waals surface area contributed by atoms with Crippen LogP contribution in [0, 0.1) is 6.92 Å². The minimum absolute atomic E-state index is 0.358. The average molecular weight is 399 g/mol. The second-order valence-corrected chi connectivity index (χ2v) is 7.11. The van der Waals surface area contributed by atoms with Gasteiger partial charge in [0.05, 0.1) is 17.6 Å². The Balaban J connectivity index is 1.48. The van der Waals surface area contributed by atoms with E-state index in [-0.39, 0.29) is 0 Å². The number of nitrogens with one attached hydrogen (secondary N) is 1. The molecular formula is C22H21N7O. The monoisotopic (exact) mass is 399 g/mol. The lowest BCUT2D eigenvalue weighted by Gasteiger charge is -2.28. The highest BCUT2D eigenvalue weighted by atomic mass is 16.4. The van der Waals surface area contributed by atoms with Crippen molar-refractivity contribution in [1.82, 2.24) is 30.5 Å². The Labute approximate surface area is 174 Å². The van der Waals surface area contributed by atoms with Gasteiger partial charge in [-0.25, -0.2) is 9.97 Å². The molecule has 0 radical (unpaired) electrons. The molecule has 1 aliphatic heterocycles. The van der Waals surface area contributed by atoms with E-state index in [1.807, 2.05) is 49.5 Å². The predicted octanol–water partition coefficient (Wildman–Crippen LogP) is 2.97. The van der Waals surface area contributed by atoms with Crippen LogP contribution in [-0.4, -0.2) is 51.3 Å². The van der Waals surface area contributed by atoms with E-state index in [4.69, 9.17) is 9.40 Å². The van der Waals surface area contributed by atoms with Gasteiger partial charge in [-0.3, -0.25) is 4.98 Å². The number of nitrogens with zero attached hydrogens (tertiary/aromatic N) is 6. The second-order valence-electron chi connectivity index (χ2n) is 7.11. The Morgan fingerprint density at radius 1 is 0.933 bits per heavy atom. The molecule has 1 saturated heterocycles. The summed E-state index contributed by atoms with van der Waals surface area (Å²) in [6.45, 7) is 5.68. The van der Waals surface area contributed by atoms with Crippen molar-refractivity contribution in [1.29, 1.82) is 0 Å². The summed E-state index contributed by atoms with van der Waals surface area (Å²) in [5.74, 6) is 1.77. The highest BCUT2D eigenvalue weighted by molar-refractivity contribution is 5.66. The van der Waals surface area contributed by atoms with Crippen molar-refractivity contribution >= 4 is 5.82 Å². The van der Waals surface area contributed by atoms with Crippen LogP contribution < -0.4 is 10.2 Å². The summed E-state index contributed by atoms with van der Waals surface area (Å²) < 4.78 is 5.89. The number of pyridine rings is 1. The van der Waals surface area contributed by atoms with Crippen molar-refractivity contribution in [2.45, 2.75) is 6.92 Å². The smallest absolute Gasteiger partial charge is 0.268 e. The minimum atomic E-state index is 0.358. The third-order valence-electron chi connectivity index (χ3n) is 5.09. The lowest BCUT2D eigenvalue weighted by Crippen LogP contribution is -2.43. The van der Waals surface area contributed by atoms with Crippen molar-refractivity contribution in [3.8, 4) is 34.3 Å². The van der Waals surface area contributed by atoms with E-state index in [1.54, 1.807) is 6.20 Å². The van der Waals surface area contributed by atoms with Crippen molar-refractivity contribution in [2.24, 2.45) is 0 Å². The summed E-state index contributed by atoms with van der Waals surface area (Å²) in [4.78, 5) is 16.1. The lowest BCUT2D eigenvalue weighted by molar-refractivity contribution is 0.581. The Morgan fingerprint density at radius 2 is 1.73 bits per heavy atom. The van der Waals surface area contributed by atoms with Gasteiger partial charge in [0.2, 0.25) is 5.89 Å². The van der Waals surface area contributed by atoms with Crippen LogP contribution in [-0.2, 0) is 0 Å². The third-order valence-corrected chi connectivity index (χ3v) is 5.09. The van der Waals surface area contributed by atoms with Gasteiger partial charge in [0.15, 0.2) is 0 Å². The molecule has 0 saturated carbocycles. The SMILES string of the molecule is Cc1ncc(-c2ccnc(N3CCNCC3)c2)nc1-c1nnc(-c2ccccc2)o1. The van der Waals surface area contributed by atoms with Gasteiger partial charge >= 0.3 is 0 Å². The van der Waals surface area contributed by atoms with E-state index in [1.165, 1.54) is 0 Å². The van der Waals surface area contributed by atoms with Crippen LogP contribution in [0.1, 0.15) is 5.69 Å². The van der Waals surface area contributed by atoms with Crippen LogP contribution in [0.2, 0.25) is 0 Å². The molecule has 1 N–H and O–H groups in total. The number of aromatic nitrogens is 5. The molecule has 0 spiro atoms. The van der Waals surface area contributed by atoms with Crippen molar-refractivity contribution in [3.05, 3.63) is 60.6 Å². The quantitative estimate of drug-likeness (QED) is 0.560. The van der Waals surface area contributed by atoms with Crippen LogP contribution in [0.5, 0.6) is 0 Å². The number of hydrogen-bond donors (Lipinski definition) is 1. The molecule has 4 heterocycles. The summed E-state index contributed by atoms with van der Waals surface area (Å²) in [5, 5.41) is 11.7. The third kappa shape index (κ3) is 3.65. The zero-order valence-corrected chi connectivity index (χ0v) is 16.6. The first-order chi connectivity index (χ1) is 14.8. The molecule has 30 heavy (non-hydrogen) atoms. The van der Waals surface area contributed by atoms with Gasteiger partial charge in [-0.05, 0) is 31.2 Å². The number of hydrogen-bond acceptors (Lipinski definition) is 8. The van der Waals surface area contributed by atoms with Gasteiger partial charge in [0, 0.05) is 43.5 Å². The maximum absolute atomic E-state index is 5.89. The molecule has 0 bridgehead atoms. The summed E-state index contributed by atoms with van der Waals surface area (Å²) in [7, 11) is 0. The van der Waals surface area contributed by atoms with E-state index < -0.39 is 0 Å². The molecule has 0 atom stereocenters. The number of piperazine rings is 1. The van der Waals surface area contributed by atoms with Crippen LogP contribution in [0.25, 0.3) is 34.3 Å². The molecule has 0 unspecified atom stereocenters. The van der Waals surface area contributed by atoms with E-state index in [0.717, 1.165) is 54.5 Å². The first-order valence-electron chi connectivity index (χ1n) is 9.93. The molecule has 1 fully saturated rings. The number of benzene rings is 1. The summed E-state index contributed by atoms with van der Waals surface area (Å²) in [5.41, 5.74) is 3.89. The molecule has 5 rings (SSSR count). The molecule has 1 aliphatic rings. The highest BCUT2D eigenvalue weighted by Gasteiger charge is 2.17. The van der Waals surface area contributed by atoms with Crippen molar-refractivity contribution in [2.75, 3.05) is 31.1 Å². The zero-order chi connectivity index (χ0) is 20.3. The van der Waals surface area contributed by atoms with Crippen LogP contribution in [0.4, 0.5) is 5.82 Å². The first kappa shape index (κ1) is 18.4. The summed E-state index contributed by atoms with van der Waals surface area (Å²) >= 11 is 0. The predicted molar refractivity (Wildman–Crippen MR) is 114 cm³/mol. The second kappa shape index (κ2) is 8.00. The van der Waals surface area contributed by atoms with Gasteiger partial charge in [-0.1, -0.05) is 18.2 Å². The standard InChI is InChI=1S/C22H21N7O/c1-15-20(22-28-27-21(30-22)16-5-3-2-4-6-16)26-18(14-25-15)17-7-8-24-19(13-17)29-11-9-23-10-12-29/h2-8,13-14,23H,9-12H2,1H3. The van der Waals surface area contributed by atoms with Gasteiger partial charge in [0.25, 0.3) is 5.89 Å². The van der Waals surface area contributed by atoms with Gasteiger partial charge in [-0.15, -0.1) is 10.2 Å². The first-order valence-corrected chi connectivity index (χ1v) is 9.93. The average Bonchev–Trinajstić information content (AvgIpc) is 3.31. The van der Waals surface area contributed by atoms with E-state index in [9.17, 15) is 0 Å².